The zero-order valence-corrected chi connectivity index (χ0v) is 16.7. The Hall–Kier alpha value is -1.91. The van der Waals surface area contributed by atoms with Crippen molar-refractivity contribution in [2.45, 2.75) is 19.4 Å². The van der Waals surface area contributed by atoms with Crippen molar-refractivity contribution in [3.63, 3.8) is 0 Å². The number of anilines is 1. The van der Waals surface area contributed by atoms with Gasteiger partial charge < -0.3 is 0 Å². The van der Waals surface area contributed by atoms with Crippen LogP contribution in [0.5, 0.6) is 0 Å². The van der Waals surface area contributed by atoms with Crippen molar-refractivity contribution >= 4 is 42.8 Å². The number of thiophene rings is 1. The summed E-state index contributed by atoms with van der Waals surface area (Å²) in [5.41, 5.74) is 1.72. The minimum atomic E-state index is -3.52. The number of rotatable bonds is 6. The maximum atomic E-state index is 12.1. The summed E-state index contributed by atoms with van der Waals surface area (Å²) >= 11 is 1.48. The molecule has 0 saturated heterocycles. The molecular formula is C16H19N3O4S3. The molecule has 1 N–H and O–H groups in total. The molecule has 3 rings (SSSR count). The van der Waals surface area contributed by atoms with Crippen molar-refractivity contribution in [3.05, 3.63) is 52.2 Å². The minimum absolute atomic E-state index is 0.0273. The van der Waals surface area contributed by atoms with E-state index >= 15 is 0 Å². The molecule has 10 heteroatoms. The van der Waals surface area contributed by atoms with E-state index in [1.807, 2.05) is 17.5 Å². The van der Waals surface area contributed by atoms with Crippen molar-refractivity contribution in [2.75, 3.05) is 16.7 Å². The van der Waals surface area contributed by atoms with E-state index in [2.05, 4.69) is 9.82 Å². The van der Waals surface area contributed by atoms with Crippen LogP contribution in [0.25, 0.3) is 0 Å². The Kier molecular flexibility index (Phi) is 5.09. The highest BCUT2D eigenvalue weighted by Gasteiger charge is 2.35. The van der Waals surface area contributed by atoms with Gasteiger partial charge >= 0.3 is 0 Å². The standard InChI is InChI=1S/C16H19N3O4S3/c1-3-26(22,23)18-13-7-4-6-12(10-13)14-11-15(16-8-5-9-24-16)19(17-14)25(2,20)21/h4-10,15,18H,3,11H2,1-2H3/t15-/m1/s1. The third kappa shape index (κ3) is 4.08. The molecular weight excluding hydrogens is 394 g/mol. The molecule has 1 aromatic heterocycles. The summed E-state index contributed by atoms with van der Waals surface area (Å²) in [6.45, 7) is 1.56. The largest absolute Gasteiger partial charge is 0.284 e. The van der Waals surface area contributed by atoms with Crippen molar-refractivity contribution in [1.29, 1.82) is 0 Å². The van der Waals surface area contributed by atoms with Crippen LogP contribution in [-0.2, 0) is 20.0 Å². The Morgan fingerprint density at radius 3 is 2.62 bits per heavy atom. The average Bonchev–Trinajstić information content (AvgIpc) is 3.23. The Morgan fingerprint density at radius 2 is 2.00 bits per heavy atom. The fraction of sp³-hybridized carbons (Fsp3) is 0.312. The fourth-order valence-corrected chi connectivity index (χ4v) is 5.08. The summed E-state index contributed by atoms with van der Waals surface area (Å²) in [4.78, 5) is 0.914. The van der Waals surface area contributed by atoms with Gasteiger partial charge in [0, 0.05) is 17.0 Å². The zero-order chi connectivity index (χ0) is 18.9. The van der Waals surface area contributed by atoms with Gasteiger partial charge in [0.15, 0.2) is 0 Å². The van der Waals surface area contributed by atoms with Crippen LogP contribution in [0.15, 0.2) is 46.9 Å². The molecule has 7 nitrogen and oxygen atoms in total. The summed E-state index contributed by atoms with van der Waals surface area (Å²) in [6, 6.07) is 10.2. The Balaban J connectivity index is 1.94. The number of nitrogens with one attached hydrogen (secondary N) is 1. The van der Waals surface area contributed by atoms with Gasteiger partial charge in [-0.15, -0.1) is 11.3 Å². The SMILES string of the molecule is CCS(=O)(=O)Nc1cccc(C2=NN(S(C)(=O)=O)[C@@H](c3cccs3)C2)c1. The Labute approximate surface area is 157 Å². The average molecular weight is 414 g/mol. The van der Waals surface area contributed by atoms with E-state index < -0.39 is 20.0 Å². The maximum absolute atomic E-state index is 12.1. The van der Waals surface area contributed by atoms with Crippen molar-refractivity contribution in [2.24, 2.45) is 5.10 Å². The lowest BCUT2D eigenvalue weighted by Crippen LogP contribution is -2.25. The molecule has 0 amide bonds. The zero-order valence-electron chi connectivity index (χ0n) is 14.3. The summed E-state index contributed by atoms with van der Waals surface area (Å²) in [5.74, 6) is -0.0273. The van der Waals surface area contributed by atoms with E-state index in [-0.39, 0.29) is 11.8 Å². The summed E-state index contributed by atoms with van der Waals surface area (Å²) < 4.78 is 51.4. The third-order valence-electron chi connectivity index (χ3n) is 3.93. The highest BCUT2D eigenvalue weighted by molar-refractivity contribution is 7.92. The lowest BCUT2D eigenvalue weighted by molar-refractivity contribution is 0.379. The first kappa shape index (κ1) is 18.9. The lowest BCUT2D eigenvalue weighted by Gasteiger charge is -2.19. The summed E-state index contributed by atoms with van der Waals surface area (Å²) in [5, 5.41) is 6.21. The van der Waals surface area contributed by atoms with E-state index in [1.54, 1.807) is 31.2 Å². The Morgan fingerprint density at radius 1 is 1.23 bits per heavy atom. The molecule has 0 radical (unpaired) electrons. The van der Waals surface area contributed by atoms with Crippen LogP contribution in [0.4, 0.5) is 5.69 Å². The molecule has 0 aliphatic carbocycles. The van der Waals surface area contributed by atoms with E-state index in [0.717, 1.165) is 15.5 Å². The van der Waals surface area contributed by atoms with Gasteiger partial charge in [0.25, 0.3) is 0 Å². The van der Waals surface area contributed by atoms with E-state index in [4.69, 9.17) is 0 Å². The van der Waals surface area contributed by atoms with Crippen LogP contribution in [0, 0.1) is 0 Å². The number of benzene rings is 1. The second-order valence-electron chi connectivity index (χ2n) is 5.90. The molecule has 0 bridgehead atoms. The van der Waals surface area contributed by atoms with Gasteiger partial charge in [-0.25, -0.2) is 16.8 Å². The Bertz CT molecular complexity index is 1030. The first-order valence-corrected chi connectivity index (χ1v) is 12.3. The second-order valence-corrected chi connectivity index (χ2v) is 10.7. The van der Waals surface area contributed by atoms with E-state index in [0.29, 0.717) is 23.4 Å². The summed E-state index contributed by atoms with van der Waals surface area (Å²) in [7, 11) is -6.91. The van der Waals surface area contributed by atoms with Gasteiger partial charge in [0.2, 0.25) is 20.0 Å². The maximum Gasteiger partial charge on any atom is 0.247 e. The molecule has 0 spiro atoms. The lowest BCUT2D eigenvalue weighted by atomic mass is 10.0. The number of hydrogen-bond donors (Lipinski definition) is 1. The molecule has 2 heterocycles. The fourth-order valence-electron chi connectivity index (χ4n) is 2.68. The monoisotopic (exact) mass is 413 g/mol. The van der Waals surface area contributed by atoms with Crippen LogP contribution in [0.3, 0.4) is 0 Å². The van der Waals surface area contributed by atoms with E-state index in [9.17, 15) is 16.8 Å². The molecule has 0 fully saturated rings. The molecule has 1 aromatic carbocycles. The summed E-state index contributed by atoms with van der Waals surface area (Å²) in [6.07, 6.45) is 1.56. The first-order chi connectivity index (χ1) is 12.2. The van der Waals surface area contributed by atoms with Gasteiger partial charge in [-0.05, 0) is 36.1 Å². The van der Waals surface area contributed by atoms with Crippen LogP contribution in [-0.4, -0.2) is 39.0 Å². The molecule has 140 valence electrons. The third-order valence-corrected chi connectivity index (χ3v) is 7.23. The topological polar surface area (TPSA) is 95.9 Å². The molecule has 26 heavy (non-hydrogen) atoms. The predicted molar refractivity (Wildman–Crippen MR) is 104 cm³/mol. The van der Waals surface area contributed by atoms with Crippen LogP contribution < -0.4 is 4.72 Å². The quantitative estimate of drug-likeness (QED) is 0.787. The van der Waals surface area contributed by atoms with Crippen LogP contribution >= 0.6 is 11.3 Å². The number of nitrogens with zero attached hydrogens (tertiary/aromatic N) is 2. The minimum Gasteiger partial charge on any atom is -0.284 e. The number of hydrogen-bond acceptors (Lipinski definition) is 6. The highest BCUT2D eigenvalue weighted by atomic mass is 32.2. The number of hydrazone groups is 1. The van der Waals surface area contributed by atoms with Gasteiger partial charge in [-0.3, -0.25) is 4.72 Å². The van der Waals surface area contributed by atoms with Crippen LogP contribution in [0.1, 0.15) is 29.8 Å². The molecule has 1 aliphatic heterocycles. The van der Waals surface area contributed by atoms with Crippen LogP contribution in [0.2, 0.25) is 0 Å². The van der Waals surface area contributed by atoms with Gasteiger partial charge in [0.05, 0.1) is 17.7 Å². The second kappa shape index (κ2) is 7.01. The molecule has 0 unspecified atom stereocenters. The van der Waals surface area contributed by atoms with Crippen molar-refractivity contribution in [1.82, 2.24) is 4.41 Å². The van der Waals surface area contributed by atoms with Crippen molar-refractivity contribution in [3.8, 4) is 0 Å². The molecule has 0 saturated carbocycles. The molecule has 1 atom stereocenters. The highest BCUT2D eigenvalue weighted by Crippen LogP contribution is 2.36. The number of sulfonamides is 2. The normalized spacial score (nSPS) is 18.0. The van der Waals surface area contributed by atoms with Gasteiger partial charge in [0.1, 0.15) is 6.04 Å². The first-order valence-electron chi connectivity index (χ1n) is 7.91. The molecule has 2 aromatic rings. The van der Waals surface area contributed by atoms with Gasteiger partial charge in [-0.2, -0.15) is 9.52 Å². The smallest absolute Gasteiger partial charge is 0.247 e. The molecule has 1 aliphatic rings. The van der Waals surface area contributed by atoms with Gasteiger partial charge in [-0.1, -0.05) is 18.2 Å². The van der Waals surface area contributed by atoms with E-state index in [1.165, 1.54) is 11.3 Å². The predicted octanol–water partition coefficient (Wildman–Crippen LogP) is 2.62. The van der Waals surface area contributed by atoms with Crippen molar-refractivity contribution < 1.29 is 16.8 Å².